The van der Waals surface area contributed by atoms with Gasteiger partial charge in [-0.25, -0.2) is 9.59 Å². The number of hydrogen-bond donors (Lipinski definition) is 1. The lowest BCUT2D eigenvalue weighted by atomic mass is 10.1. The molecule has 0 aliphatic carbocycles. The predicted molar refractivity (Wildman–Crippen MR) is 89.8 cm³/mol. The van der Waals surface area contributed by atoms with E-state index in [4.69, 9.17) is 14.2 Å². The van der Waals surface area contributed by atoms with E-state index in [1.807, 2.05) is 0 Å². The molecule has 26 heavy (non-hydrogen) atoms. The Hall–Kier alpha value is -2.48. The van der Waals surface area contributed by atoms with E-state index in [2.05, 4.69) is 0 Å². The fraction of sp³-hybridized carbons (Fsp3) is 0.556. The Morgan fingerprint density at radius 1 is 1.12 bits per heavy atom. The van der Waals surface area contributed by atoms with Crippen molar-refractivity contribution in [2.24, 2.45) is 0 Å². The van der Waals surface area contributed by atoms with Crippen LogP contribution in [0, 0.1) is 0 Å². The number of Topliss-reactive ketones (excluding diaryl/α,β-unsaturated/α-hetero) is 1. The molecule has 1 heterocycles. The first-order valence-electron chi connectivity index (χ1n) is 8.30. The second-order valence-electron chi connectivity index (χ2n) is 6.10. The molecule has 0 bridgehead atoms. The van der Waals surface area contributed by atoms with Crippen molar-refractivity contribution in [1.29, 1.82) is 0 Å². The maximum atomic E-state index is 11.9. The predicted octanol–water partition coefficient (Wildman–Crippen LogP) is 1.01. The number of rotatable bonds is 2. The zero-order valence-corrected chi connectivity index (χ0v) is 15.0. The van der Waals surface area contributed by atoms with Gasteiger partial charge in [-0.05, 0) is 26.8 Å². The average Bonchev–Trinajstić information content (AvgIpc) is 2.50. The van der Waals surface area contributed by atoms with E-state index >= 15 is 0 Å². The molecule has 0 fully saturated rings. The topological polar surface area (TPSA) is 116 Å². The molecule has 8 nitrogen and oxygen atoms in total. The Labute approximate surface area is 151 Å². The van der Waals surface area contributed by atoms with Crippen LogP contribution in [-0.2, 0) is 33.4 Å². The maximum Gasteiger partial charge on any atom is 0.330 e. The Balaban J connectivity index is 2.94. The first kappa shape index (κ1) is 21.6. The summed E-state index contributed by atoms with van der Waals surface area (Å²) in [7, 11) is 0. The normalized spacial score (nSPS) is 31.3. The minimum absolute atomic E-state index is 0.125. The van der Waals surface area contributed by atoms with Crippen molar-refractivity contribution in [3.05, 3.63) is 24.3 Å². The monoisotopic (exact) mass is 368 g/mol. The number of hydrogen-bond acceptors (Lipinski definition) is 8. The fourth-order valence-corrected chi connectivity index (χ4v) is 2.17. The average molecular weight is 368 g/mol. The molecule has 1 N–H and O–H groups in total. The van der Waals surface area contributed by atoms with Crippen LogP contribution < -0.4 is 0 Å². The van der Waals surface area contributed by atoms with Crippen LogP contribution in [0.15, 0.2) is 24.3 Å². The number of aliphatic hydroxyl groups excluding tert-OH is 1. The first-order chi connectivity index (χ1) is 12.2. The van der Waals surface area contributed by atoms with Crippen molar-refractivity contribution >= 4 is 23.7 Å². The molecule has 0 amide bonds. The number of carbonyl (C=O) groups is 4. The molecule has 0 aromatic rings. The molecule has 0 unspecified atom stereocenters. The van der Waals surface area contributed by atoms with E-state index in [0.717, 1.165) is 12.2 Å². The zero-order valence-electron chi connectivity index (χ0n) is 15.0. The van der Waals surface area contributed by atoms with Crippen molar-refractivity contribution in [2.75, 3.05) is 0 Å². The summed E-state index contributed by atoms with van der Waals surface area (Å²) in [5.41, 5.74) is 0. The highest BCUT2D eigenvalue weighted by molar-refractivity contribution is 5.84. The summed E-state index contributed by atoms with van der Waals surface area (Å²) >= 11 is 0. The van der Waals surface area contributed by atoms with Crippen LogP contribution >= 0.6 is 0 Å². The molecular weight excluding hydrogens is 344 g/mol. The summed E-state index contributed by atoms with van der Waals surface area (Å²) < 4.78 is 15.3. The summed E-state index contributed by atoms with van der Waals surface area (Å²) in [5, 5.41) is 9.89. The number of ether oxygens (including phenoxy) is 3. The molecule has 1 aliphatic rings. The lowest BCUT2D eigenvalue weighted by Gasteiger charge is -2.18. The molecule has 1 rings (SSSR count). The molecule has 8 heteroatoms. The van der Waals surface area contributed by atoms with Crippen molar-refractivity contribution in [2.45, 2.75) is 64.4 Å². The lowest BCUT2D eigenvalue weighted by molar-refractivity contribution is -0.155. The van der Waals surface area contributed by atoms with Gasteiger partial charge in [0, 0.05) is 25.0 Å². The van der Waals surface area contributed by atoms with Crippen molar-refractivity contribution in [1.82, 2.24) is 0 Å². The van der Waals surface area contributed by atoms with Gasteiger partial charge < -0.3 is 19.3 Å². The molecule has 0 aromatic carbocycles. The van der Waals surface area contributed by atoms with Gasteiger partial charge in [0.2, 0.25) is 0 Å². The van der Waals surface area contributed by atoms with E-state index in [-0.39, 0.29) is 25.0 Å². The summed E-state index contributed by atoms with van der Waals surface area (Å²) in [6.45, 7) is 4.43. The van der Waals surface area contributed by atoms with Gasteiger partial charge in [0.25, 0.3) is 0 Å². The van der Waals surface area contributed by atoms with Gasteiger partial charge in [0.1, 0.15) is 30.2 Å². The van der Waals surface area contributed by atoms with E-state index in [9.17, 15) is 24.3 Å². The Morgan fingerprint density at radius 2 is 1.77 bits per heavy atom. The smallest absolute Gasteiger partial charge is 0.330 e. The van der Waals surface area contributed by atoms with Gasteiger partial charge in [0.05, 0.1) is 6.42 Å². The fourth-order valence-electron chi connectivity index (χ4n) is 2.17. The van der Waals surface area contributed by atoms with Crippen LogP contribution in [0.4, 0.5) is 0 Å². The Kier molecular flexibility index (Phi) is 8.71. The van der Waals surface area contributed by atoms with Crippen LogP contribution in [0.5, 0.6) is 0 Å². The minimum atomic E-state index is -1.22. The van der Waals surface area contributed by atoms with Crippen molar-refractivity contribution < 1.29 is 38.5 Å². The highest BCUT2D eigenvalue weighted by Crippen LogP contribution is 2.11. The second-order valence-corrected chi connectivity index (χ2v) is 6.10. The standard InChI is InChI=1S/C18H24O8/c1-11(19)9-14-10-18(23)24-12(2)5-4-6-16(21)25-13(3)15(20)7-8-17(22)26-14/h4,6-8,12-15,20H,5,9-10H2,1-3H3/b6-4-,8-7-/t12-,13-,14+,15+/m0/s1. The maximum absolute atomic E-state index is 11.9. The molecule has 0 spiro atoms. The van der Waals surface area contributed by atoms with Crippen LogP contribution in [0.3, 0.4) is 0 Å². The quantitative estimate of drug-likeness (QED) is 0.567. The van der Waals surface area contributed by atoms with Crippen molar-refractivity contribution in [3.63, 3.8) is 0 Å². The third-order valence-electron chi connectivity index (χ3n) is 3.46. The SMILES string of the molecule is CC(=O)C[C@@H]1CC(=O)O[C@@H](C)C/C=C\C(=O)O[C@@H](C)[C@H](O)/C=C\C(=O)O1. The summed E-state index contributed by atoms with van der Waals surface area (Å²) in [6.07, 6.45) is 1.04. The number of ketones is 1. The molecule has 0 radical (unpaired) electrons. The molecular formula is C18H24O8. The van der Waals surface area contributed by atoms with E-state index in [0.29, 0.717) is 0 Å². The molecule has 0 saturated carbocycles. The van der Waals surface area contributed by atoms with Gasteiger partial charge >= 0.3 is 17.9 Å². The van der Waals surface area contributed by atoms with Gasteiger partial charge in [-0.15, -0.1) is 0 Å². The Bertz CT molecular complexity index is 592. The third-order valence-corrected chi connectivity index (χ3v) is 3.46. The van der Waals surface area contributed by atoms with Crippen molar-refractivity contribution in [3.8, 4) is 0 Å². The minimum Gasteiger partial charge on any atom is -0.462 e. The largest absolute Gasteiger partial charge is 0.462 e. The first-order valence-corrected chi connectivity index (χ1v) is 8.30. The zero-order chi connectivity index (χ0) is 19.7. The molecule has 0 saturated heterocycles. The van der Waals surface area contributed by atoms with Gasteiger partial charge in [-0.3, -0.25) is 9.59 Å². The molecule has 0 aromatic heterocycles. The van der Waals surface area contributed by atoms with Gasteiger partial charge in [-0.1, -0.05) is 6.08 Å². The van der Waals surface area contributed by atoms with Crippen LogP contribution in [-0.4, -0.2) is 53.2 Å². The van der Waals surface area contributed by atoms with Gasteiger partial charge in [-0.2, -0.15) is 0 Å². The number of aliphatic hydroxyl groups is 1. The second kappa shape index (κ2) is 10.5. The Morgan fingerprint density at radius 3 is 2.42 bits per heavy atom. The number of esters is 3. The lowest BCUT2D eigenvalue weighted by Crippen LogP contribution is -2.28. The van der Waals surface area contributed by atoms with E-state index in [1.165, 1.54) is 26.0 Å². The van der Waals surface area contributed by atoms with E-state index < -0.39 is 42.3 Å². The highest BCUT2D eigenvalue weighted by Gasteiger charge is 2.22. The highest BCUT2D eigenvalue weighted by atomic mass is 16.6. The number of carbonyl (C=O) groups excluding carboxylic acids is 4. The summed E-state index contributed by atoms with van der Waals surface area (Å²) in [6, 6.07) is 0. The molecule has 144 valence electrons. The summed E-state index contributed by atoms with van der Waals surface area (Å²) in [5.74, 6) is -2.37. The molecule has 4 atom stereocenters. The van der Waals surface area contributed by atoms with Gasteiger partial charge in [0.15, 0.2) is 0 Å². The van der Waals surface area contributed by atoms with E-state index in [1.54, 1.807) is 6.92 Å². The third kappa shape index (κ3) is 8.57. The number of cyclic esters (lactones) is 3. The van der Waals surface area contributed by atoms with Crippen LogP contribution in [0.25, 0.3) is 0 Å². The summed E-state index contributed by atoms with van der Waals surface area (Å²) in [4.78, 5) is 46.8. The van der Waals surface area contributed by atoms with Crippen LogP contribution in [0.2, 0.25) is 0 Å². The van der Waals surface area contributed by atoms with Crippen LogP contribution in [0.1, 0.15) is 40.0 Å². The molecule has 1 aliphatic heterocycles.